The molecule has 0 fully saturated rings. The first-order valence-electron chi connectivity index (χ1n) is 5.66. The third kappa shape index (κ3) is 1.84. The standard InChI is InChI=1S/C14H12N4/c15-14-12(7-3-9-17-14)18-11-6-1-4-10-5-2-8-16-13(10)11/h1-9,18H,(H2,15,17). The van der Waals surface area contributed by atoms with E-state index in [-0.39, 0.29) is 0 Å². The molecule has 0 aliphatic carbocycles. The molecular formula is C14H12N4. The van der Waals surface area contributed by atoms with Gasteiger partial charge in [-0.05, 0) is 24.3 Å². The maximum atomic E-state index is 5.82. The molecule has 3 N–H and O–H groups in total. The second kappa shape index (κ2) is 4.33. The predicted molar refractivity (Wildman–Crippen MR) is 73.7 cm³/mol. The zero-order chi connectivity index (χ0) is 12.4. The first-order valence-corrected chi connectivity index (χ1v) is 5.66. The summed E-state index contributed by atoms with van der Waals surface area (Å²) in [5.74, 6) is 0.477. The maximum absolute atomic E-state index is 5.82. The second-order valence-corrected chi connectivity index (χ2v) is 3.94. The first-order chi connectivity index (χ1) is 8.84. The molecule has 2 aromatic heterocycles. The van der Waals surface area contributed by atoms with Gasteiger partial charge in [-0.2, -0.15) is 0 Å². The van der Waals surface area contributed by atoms with Crippen LogP contribution < -0.4 is 11.1 Å². The van der Waals surface area contributed by atoms with E-state index < -0.39 is 0 Å². The van der Waals surface area contributed by atoms with Gasteiger partial charge in [0.2, 0.25) is 0 Å². The molecule has 0 spiro atoms. The van der Waals surface area contributed by atoms with Crippen LogP contribution in [0.3, 0.4) is 0 Å². The number of fused-ring (bicyclic) bond motifs is 1. The Morgan fingerprint density at radius 1 is 0.833 bits per heavy atom. The molecule has 0 saturated heterocycles. The summed E-state index contributed by atoms with van der Waals surface area (Å²) in [6, 6.07) is 13.7. The molecule has 18 heavy (non-hydrogen) atoms. The van der Waals surface area contributed by atoms with Crippen molar-refractivity contribution in [3.8, 4) is 0 Å². The molecular weight excluding hydrogens is 224 g/mol. The molecule has 1 aromatic carbocycles. The molecule has 0 unspecified atom stereocenters. The molecule has 0 aliphatic heterocycles. The fraction of sp³-hybridized carbons (Fsp3) is 0. The number of hydrogen-bond donors (Lipinski definition) is 2. The van der Waals surface area contributed by atoms with Gasteiger partial charge >= 0.3 is 0 Å². The van der Waals surface area contributed by atoms with Crippen molar-refractivity contribution in [3.05, 3.63) is 54.9 Å². The van der Waals surface area contributed by atoms with Crippen LogP contribution >= 0.6 is 0 Å². The van der Waals surface area contributed by atoms with Crippen molar-refractivity contribution in [2.24, 2.45) is 0 Å². The van der Waals surface area contributed by atoms with Gasteiger partial charge in [-0.15, -0.1) is 0 Å². The maximum Gasteiger partial charge on any atom is 0.147 e. The number of anilines is 3. The van der Waals surface area contributed by atoms with E-state index in [0.717, 1.165) is 22.3 Å². The van der Waals surface area contributed by atoms with E-state index in [1.165, 1.54) is 0 Å². The van der Waals surface area contributed by atoms with Crippen molar-refractivity contribution in [2.45, 2.75) is 0 Å². The lowest BCUT2D eigenvalue weighted by atomic mass is 10.2. The Hall–Kier alpha value is -2.62. The van der Waals surface area contributed by atoms with Gasteiger partial charge in [0.1, 0.15) is 5.82 Å². The summed E-state index contributed by atoms with van der Waals surface area (Å²) >= 11 is 0. The largest absolute Gasteiger partial charge is 0.382 e. The normalized spacial score (nSPS) is 10.4. The van der Waals surface area contributed by atoms with Crippen molar-refractivity contribution < 1.29 is 0 Å². The van der Waals surface area contributed by atoms with Crippen LogP contribution in [0.5, 0.6) is 0 Å². The van der Waals surface area contributed by atoms with Gasteiger partial charge in [0.15, 0.2) is 0 Å². The highest BCUT2D eigenvalue weighted by molar-refractivity contribution is 5.92. The fourth-order valence-corrected chi connectivity index (χ4v) is 1.87. The lowest BCUT2D eigenvalue weighted by molar-refractivity contribution is 1.33. The summed E-state index contributed by atoms with van der Waals surface area (Å²) in [5.41, 5.74) is 8.45. The monoisotopic (exact) mass is 236 g/mol. The molecule has 4 nitrogen and oxygen atoms in total. The van der Waals surface area contributed by atoms with Crippen LogP contribution in [0, 0.1) is 0 Å². The topological polar surface area (TPSA) is 63.8 Å². The first kappa shape index (κ1) is 10.5. The number of nitrogens with one attached hydrogen (secondary N) is 1. The number of nitrogens with zero attached hydrogens (tertiary/aromatic N) is 2. The smallest absolute Gasteiger partial charge is 0.147 e. The van der Waals surface area contributed by atoms with Gasteiger partial charge in [-0.25, -0.2) is 4.98 Å². The van der Waals surface area contributed by atoms with Gasteiger partial charge in [0.25, 0.3) is 0 Å². The highest BCUT2D eigenvalue weighted by atomic mass is 15.0. The molecule has 0 saturated carbocycles. The number of para-hydroxylation sites is 1. The number of pyridine rings is 2. The molecule has 0 radical (unpaired) electrons. The van der Waals surface area contributed by atoms with Gasteiger partial charge < -0.3 is 11.1 Å². The van der Waals surface area contributed by atoms with Crippen molar-refractivity contribution in [3.63, 3.8) is 0 Å². The summed E-state index contributed by atoms with van der Waals surface area (Å²) in [4.78, 5) is 8.43. The molecule has 3 aromatic rings. The van der Waals surface area contributed by atoms with Crippen LogP contribution in [0.25, 0.3) is 10.9 Å². The number of nitrogens with two attached hydrogens (primary N) is 1. The third-order valence-electron chi connectivity index (χ3n) is 2.74. The minimum atomic E-state index is 0.477. The van der Waals surface area contributed by atoms with Gasteiger partial charge in [-0.3, -0.25) is 4.98 Å². The second-order valence-electron chi connectivity index (χ2n) is 3.94. The van der Waals surface area contributed by atoms with E-state index in [9.17, 15) is 0 Å². The SMILES string of the molecule is Nc1ncccc1Nc1cccc2cccnc12. The highest BCUT2D eigenvalue weighted by Crippen LogP contribution is 2.26. The zero-order valence-electron chi connectivity index (χ0n) is 9.67. The summed E-state index contributed by atoms with van der Waals surface area (Å²) in [7, 11) is 0. The summed E-state index contributed by atoms with van der Waals surface area (Å²) in [6.45, 7) is 0. The number of hydrogen-bond acceptors (Lipinski definition) is 4. The molecule has 0 amide bonds. The van der Waals surface area contributed by atoms with Crippen LogP contribution in [-0.2, 0) is 0 Å². The van der Waals surface area contributed by atoms with E-state index in [1.807, 2.05) is 42.5 Å². The quantitative estimate of drug-likeness (QED) is 0.718. The van der Waals surface area contributed by atoms with E-state index in [2.05, 4.69) is 15.3 Å². The molecule has 2 heterocycles. The summed E-state index contributed by atoms with van der Waals surface area (Å²) < 4.78 is 0. The predicted octanol–water partition coefficient (Wildman–Crippen LogP) is 2.96. The number of nitrogen functional groups attached to an aromatic ring is 1. The van der Waals surface area contributed by atoms with E-state index in [1.54, 1.807) is 12.4 Å². The Labute approximate surface area is 104 Å². The number of aromatic nitrogens is 2. The van der Waals surface area contributed by atoms with Crippen LogP contribution in [-0.4, -0.2) is 9.97 Å². The minimum Gasteiger partial charge on any atom is -0.382 e. The zero-order valence-corrected chi connectivity index (χ0v) is 9.67. The Kier molecular flexibility index (Phi) is 2.53. The van der Waals surface area contributed by atoms with Crippen molar-refractivity contribution in [1.29, 1.82) is 0 Å². The molecule has 0 aliphatic rings. The summed E-state index contributed by atoms with van der Waals surface area (Å²) in [5, 5.41) is 4.35. The highest BCUT2D eigenvalue weighted by Gasteiger charge is 2.04. The van der Waals surface area contributed by atoms with Crippen molar-refractivity contribution >= 4 is 28.1 Å². The molecule has 0 bridgehead atoms. The van der Waals surface area contributed by atoms with Crippen LogP contribution in [0.2, 0.25) is 0 Å². The molecule has 0 atom stereocenters. The fourth-order valence-electron chi connectivity index (χ4n) is 1.87. The van der Waals surface area contributed by atoms with Gasteiger partial charge in [0, 0.05) is 17.8 Å². The lowest BCUT2D eigenvalue weighted by Gasteiger charge is -2.10. The average Bonchev–Trinajstić information content (AvgIpc) is 2.42. The minimum absolute atomic E-state index is 0.477. The molecule has 4 heteroatoms. The third-order valence-corrected chi connectivity index (χ3v) is 2.74. The lowest BCUT2D eigenvalue weighted by Crippen LogP contribution is -1.99. The number of rotatable bonds is 2. The van der Waals surface area contributed by atoms with Crippen molar-refractivity contribution in [1.82, 2.24) is 9.97 Å². The van der Waals surface area contributed by atoms with E-state index in [0.29, 0.717) is 5.82 Å². The Bertz CT molecular complexity index is 689. The van der Waals surface area contributed by atoms with Crippen LogP contribution in [0.15, 0.2) is 54.9 Å². The molecule has 3 rings (SSSR count). The molecule has 88 valence electrons. The van der Waals surface area contributed by atoms with Crippen molar-refractivity contribution in [2.75, 3.05) is 11.1 Å². The summed E-state index contributed by atoms with van der Waals surface area (Å²) in [6.07, 6.45) is 3.45. The number of benzene rings is 1. The average molecular weight is 236 g/mol. The van der Waals surface area contributed by atoms with Crippen LogP contribution in [0.4, 0.5) is 17.2 Å². The Morgan fingerprint density at radius 3 is 2.44 bits per heavy atom. The van der Waals surface area contributed by atoms with E-state index >= 15 is 0 Å². The van der Waals surface area contributed by atoms with E-state index in [4.69, 9.17) is 5.73 Å². The van der Waals surface area contributed by atoms with Crippen LogP contribution in [0.1, 0.15) is 0 Å². The van der Waals surface area contributed by atoms with Gasteiger partial charge in [-0.1, -0.05) is 18.2 Å². The van der Waals surface area contributed by atoms with Gasteiger partial charge in [0.05, 0.1) is 16.9 Å². The Balaban J connectivity index is 2.08. The Morgan fingerprint density at radius 2 is 1.56 bits per heavy atom.